The molecule has 0 saturated carbocycles. The van der Waals surface area contributed by atoms with Crippen LogP contribution in [0.15, 0.2) is 12.7 Å². The number of nitrogens with zero attached hydrogens (tertiary/aromatic N) is 1. The van der Waals surface area contributed by atoms with E-state index in [1.165, 1.54) is 25.9 Å². The Morgan fingerprint density at radius 3 is 2.87 bits per heavy atom. The van der Waals surface area contributed by atoms with Gasteiger partial charge in [0, 0.05) is 25.7 Å². The maximum Gasteiger partial charge on any atom is 0.0192 e. The van der Waals surface area contributed by atoms with Gasteiger partial charge in [-0.1, -0.05) is 19.9 Å². The molecule has 1 unspecified atom stereocenters. The van der Waals surface area contributed by atoms with E-state index in [-0.39, 0.29) is 0 Å². The minimum Gasteiger partial charge on any atom is -0.312 e. The zero-order chi connectivity index (χ0) is 11.3. The van der Waals surface area contributed by atoms with Crippen LogP contribution in [0.5, 0.6) is 0 Å². The van der Waals surface area contributed by atoms with Gasteiger partial charge < -0.3 is 5.32 Å². The molecule has 1 saturated heterocycles. The summed E-state index contributed by atoms with van der Waals surface area (Å²) < 4.78 is 0. The largest absolute Gasteiger partial charge is 0.312 e. The summed E-state index contributed by atoms with van der Waals surface area (Å²) in [6, 6.07) is 0.643. The summed E-state index contributed by atoms with van der Waals surface area (Å²) in [5.41, 5.74) is 0.505. The number of hydrogen-bond donors (Lipinski definition) is 1. The van der Waals surface area contributed by atoms with Crippen molar-refractivity contribution in [3.63, 3.8) is 0 Å². The van der Waals surface area contributed by atoms with Crippen molar-refractivity contribution in [2.75, 3.05) is 26.2 Å². The Bertz CT molecular complexity index is 199. The number of rotatable bonds is 5. The number of hydrogen-bond acceptors (Lipinski definition) is 2. The fourth-order valence-corrected chi connectivity index (χ4v) is 2.37. The third kappa shape index (κ3) is 4.35. The lowest BCUT2D eigenvalue weighted by Crippen LogP contribution is -2.48. The van der Waals surface area contributed by atoms with Crippen molar-refractivity contribution < 1.29 is 0 Å². The lowest BCUT2D eigenvalue weighted by Gasteiger charge is -2.41. The predicted molar refractivity (Wildman–Crippen MR) is 67.1 cm³/mol. The lowest BCUT2D eigenvalue weighted by molar-refractivity contribution is 0.0846. The van der Waals surface area contributed by atoms with Crippen LogP contribution < -0.4 is 5.32 Å². The van der Waals surface area contributed by atoms with Crippen molar-refractivity contribution >= 4 is 0 Å². The third-order valence-corrected chi connectivity index (χ3v) is 3.28. The number of piperidine rings is 1. The molecule has 1 fully saturated rings. The molecule has 2 nitrogen and oxygen atoms in total. The fraction of sp³-hybridized carbons (Fsp3) is 0.846. The Kier molecular flexibility index (Phi) is 4.81. The first kappa shape index (κ1) is 12.7. The van der Waals surface area contributed by atoms with Crippen LogP contribution in [0, 0.1) is 5.41 Å². The summed E-state index contributed by atoms with van der Waals surface area (Å²) >= 11 is 0. The van der Waals surface area contributed by atoms with E-state index < -0.39 is 0 Å². The smallest absolute Gasteiger partial charge is 0.0192 e. The van der Waals surface area contributed by atoms with Gasteiger partial charge in [-0.05, 0) is 31.7 Å². The third-order valence-electron chi connectivity index (χ3n) is 3.28. The SMILES string of the molecule is C=CCNCC(C)N1CCCC(C)(C)C1. The minimum atomic E-state index is 0.505. The molecule has 0 aromatic carbocycles. The van der Waals surface area contributed by atoms with Crippen LogP contribution in [0.25, 0.3) is 0 Å². The van der Waals surface area contributed by atoms with Gasteiger partial charge in [0.05, 0.1) is 0 Å². The van der Waals surface area contributed by atoms with Crippen LogP contribution in [0.2, 0.25) is 0 Å². The van der Waals surface area contributed by atoms with Crippen molar-refractivity contribution in [3.05, 3.63) is 12.7 Å². The van der Waals surface area contributed by atoms with Crippen molar-refractivity contribution in [1.29, 1.82) is 0 Å². The zero-order valence-corrected chi connectivity index (χ0v) is 10.6. The van der Waals surface area contributed by atoms with E-state index in [2.05, 4.69) is 37.6 Å². The first-order valence-electron chi connectivity index (χ1n) is 6.11. The molecule has 1 N–H and O–H groups in total. The highest BCUT2D eigenvalue weighted by Gasteiger charge is 2.28. The normalized spacial score (nSPS) is 23.7. The van der Waals surface area contributed by atoms with Crippen LogP contribution in [0.1, 0.15) is 33.6 Å². The van der Waals surface area contributed by atoms with Crippen molar-refractivity contribution in [2.24, 2.45) is 5.41 Å². The maximum absolute atomic E-state index is 3.72. The van der Waals surface area contributed by atoms with Crippen LogP contribution >= 0.6 is 0 Å². The van der Waals surface area contributed by atoms with E-state index in [9.17, 15) is 0 Å². The maximum atomic E-state index is 3.72. The Morgan fingerprint density at radius 2 is 2.27 bits per heavy atom. The topological polar surface area (TPSA) is 15.3 Å². The Labute approximate surface area is 94.7 Å². The standard InChI is InChI=1S/C13H26N2/c1-5-8-14-10-12(2)15-9-6-7-13(3,4)11-15/h5,12,14H,1,6-11H2,2-4H3. The van der Waals surface area contributed by atoms with E-state index in [0.717, 1.165) is 13.1 Å². The molecule has 1 rings (SSSR count). The van der Waals surface area contributed by atoms with Gasteiger partial charge in [0.1, 0.15) is 0 Å². The summed E-state index contributed by atoms with van der Waals surface area (Å²) in [4.78, 5) is 2.61. The number of likely N-dealkylation sites (tertiary alicyclic amines) is 1. The molecule has 1 heterocycles. The van der Waals surface area contributed by atoms with Crippen molar-refractivity contribution in [3.8, 4) is 0 Å². The molecule has 0 radical (unpaired) electrons. The summed E-state index contributed by atoms with van der Waals surface area (Å²) in [7, 11) is 0. The molecule has 2 heteroatoms. The first-order chi connectivity index (χ1) is 7.05. The molecule has 0 amide bonds. The summed E-state index contributed by atoms with van der Waals surface area (Å²) in [6.07, 6.45) is 4.64. The van der Waals surface area contributed by atoms with Gasteiger partial charge >= 0.3 is 0 Å². The molecule has 0 aromatic heterocycles. The monoisotopic (exact) mass is 210 g/mol. The van der Waals surface area contributed by atoms with Gasteiger partial charge in [0.2, 0.25) is 0 Å². The van der Waals surface area contributed by atoms with Gasteiger partial charge in [-0.25, -0.2) is 0 Å². The molecular weight excluding hydrogens is 184 g/mol. The van der Waals surface area contributed by atoms with Crippen LogP contribution in [0.4, 0.5) is 0 Å². The quantitative estimate of drug-likeness (QED) is 0.553. The fourth-order valence-electron chi connectivity index (χ4n) is 2.37. The summed E-state index contributed by atoms with van der Waals surface area (Å²) in [6.45, 7) is 15.3. The number of nitrogens with one attached hydrogen (secondary N) is 1. The van der Waals surface area contributed by atoms with Crippen molar-refractivity contribution in [2.45, 2.75) is 39.7 Å². The molecule has 0 aromatic rings. The Hall–Kier alpha value is -0.340. The molecule has 1 aliphatic heterocycles. The first-order valence-corrected chi connectivity index (χ1v) is 6.11. The van der Waals surface area contributed by atoms with Crippen molar-refractivity contribution in [1.82, 2.24) is 10.2 Å². The molecular formula is C13H26N2. The molecule has 0 aliphatic carbocycles. The average molecular weight is 210 g/mol. The molecule has 1 atom stereocenters. The summed E-state index contributed by atoms with van der Waals surface area (Å²) in [5.74, 6) is 0. The van der Waals surface area contributed by atoms with E-state index in [1.807, 2.05) is 6.08 Å². The summed E-state index contributed by atoms with van der Waals surface area (Å²) in [5, 5.41) is 3.40. The average Bonchev–Trinajstić information content (AvgIpc) is 2.16. The second-order valence-corrected chi connectivity index (χ2v) is 5.53. The van der Waals surface area contributed by atoms with Crippen LogP contribution in [-0.2, 0) is 0 Å². The zero-order valence-electron chi connectivity index (χ0n) is 10.6. The molecule has 15 heavy (non-hydrogen) atoms. The van der Waals surface area contributed by atoms with Crippen LogP contribution in [-0.4, -0.2) is 37.1 Å². The second kappa shape index (κ2) is 5.66. The van der Waals surface area contributed by atoms with Gasteiger partial charge in [-0.15, -0.1) is 6.58 Å². The molecule has 1 aliphatic rings. The van der Waals surface area contributed by atoms with Gasteiger partial charge in [0.25, 0.3) is 0 Å². The Morgan fingerprint density at radius 1 is 1.53 bits per heavy atom. The van der Waals surface area contributed by atoms with Gasteiger partial charge in [-0.2, -0.15) is 0 Å². The van der Waals surface area contributed by atoms with E-state index in [4.69, 9.17) is 0 Å². The van der Waals surface area contributed by atoms with Crippen LogP contribution in [0.3, 0.4) is 0 Å². The van der Waals surface area contributed by atoms with Gasteiger partial charge in [-0.3, -0.25) is 4.90 Å². The molecule has 88 valence electrons. The highest BCUT2D eigenvalue weighted by Crippen LogP contribution is 2.29. The minimum absolute atomic E-state index is 0.505. The second-order valence-electron chi connectivity index (χ2n) is 5.53. The van der Waals surface area contributed by atoms with E-state index >= 15 is 0 Å². The van der Waals surface area contributed by atoms with E-state index in [0.29, 0.717) is 11.5 Å². The molecule has 0 bridgehead atoms. The van der Waals surface area contributed by atoms with E-state index in [1.54, 1.807) is 0 Å². The highest BCUT2D eigenvalue weighted by molar-refractivity contribution is 4.83. The Balaban J connectivity index is 2.31. The lowest BCUT2D eigenvalue weighted by atomic mass is 9.83. The predicted octanol–water partition coefficient (Wildman–Crippen LogP) is 2.27. The van der Waals surface area contributed by atoms with Gasteiger partial charge in [0.15, 0.2) is 0 Å². The highest BCUT2D eigenvalue weighted by atomic mass is 15.2. The molecule has 0 spiro atoms.